The second kappa shape index (κ2) is 4.34. The van der Waals surface area contributed by atoms with E-state index in [0.29, 0.717) is 0 Å². The average Bonchev–Trinajstić information content (AvgIpc) is 1.61. The molecule has 1 nitrogen and oxygen atoms in total. The molecule has 0 unspecified atom stereocenters. The van der Waals surface area contributed by atoms with Crippen LogP contribution in [-0.2, 0) is 0 Å². The molecule has 0 aliphatic carbocycles. The molecule has 0 aromatic heterocycles. The molecule has 0 rings (SSSR count). The summed E-state index contributed by atoms with van der Waals surface area (Å²) in [7, 11) is 0. The molecule has 0 atom stereocenters. The third-order valence-electron chi connectivity index (χ3n) is 0.280. The van der Waals surface area contributed by atoms with E-state index in [1.165, 1.54) is 6.20 Å². The van der Waals surface area contributed by atoms with Crippen LogP contribution in [0.2, 0.25) is 0 Å². The minimum absolute atomic E-state index is 0.508. The largest absolute Gasteiger partial charge is 0.267 e. The summed E-state index contributed by atoms with van der Waals surface area (Å²) in [6.07, 6.45) is 2.44. The predicted octanol–water partition coefficient (Wildman–Crippen LogP) is 1.17. The first-order valence-corrected chi connectivity index (χ1v) is 1.60. The van der Waals surface area contributed by atoms with Gasteiger partial charge in [0.1, 0.15) is 6.67 Å². The molecule has 0 spiro atoms. The molecule has 0 saturated heterocycles. The van der Waals surface area contributed by atoms with E-state index in [-0.39, 0.29) is 0 Å². The molecule has 0 fully saturated rings. The van der Waals surface area contributed by atoms with Crippen LogP contribution in [0.25, 0.3) is 0 Å². The summed E-state index contributed by atoms with van der Waals surface area (Å²) in [5, 5.41) is 0. The van der Waals surface area contributed by atoms with Gasteiger partial charge < -0.3 is 0 Å². The molecule has 0 bridgehead atoms. The fourth-order valence-corrected chi connectivity index (χ4v) is 0.114. The summed E-state index contributed by atoms with van der Waals surface area (Å²) in [5.74, 6) is 0. The van der Waals surface area contributed by atoms with E-state index in [9.17, 15) is 4.39 Å². The fourth-order valence-electron chi connectivity index (χ4n) is 0.114. The van der Waals surface area contributed by atoms with Crippen molar-refractivity contribution >= 4 is 6.21 Å². The van der Waals surface area contributed by atoms with E-state index in [1.54, 1.807) is 0 Å². The minimum atomic E-state index is -0.508. The lowest BCUT2D eigenvalue weighted by atomic mass is 10.8. The van der Waals surface area contributed by atoms with Crippen LogP contribution >= 0.6 is 0 Å². The average molecular weight is 87.1 g/mol. The monoisotopic (exact) mass is 87.0 g/mol. The maximum Gasteiger partial charge on any atom is 0.125 e. The van der Waals surface area contributed by atoms with Gasteiger partial charge in [-0.15, -0.1) is 0 Å². The quantitative estimate of drug-likeness (QED) is 0.448. The molecule has 0 amide bonds. The van der Waals surface area contributed by atoms with Crippen LogP contribution in [0.15, 0.2) is 17.8 Å². The molecule has 0 aromatic carbocycles. The second-order valence-corrected chi connectivity index (χ2v) is 0.669. The number of halogens is 1. The van der Waals surface area contributed by atoms with Crippen LogP contribution in [0.5, 0.6) is 0 Å². The molecular formula is C4H6FN. The van der Waals surface area contributed by atoms with E-state index >= 15 is 0 Å². The highest BCUT2D eigenvalue weighted by Gasteiger charge is 1.59. The van der Waals surface area contributed by atoms with Gasteiger partial charge in [0.05, 0.1) is 0 Å². The summed E-state index contributed by atoms with van der Waals surface area (Å²) in [6.45, 7) is 2.73. The maximum atomic E-state index is 11.0. The number of rotatable bonds is 2. The van der Waals surface area contributed by atoms with Gasteiger partial charge in [-0.25, -0.2) is 4.39 Å². The van der Waals surface area contributed by atoms with E-state index < -0.39 is 6.67 Å². The fraction of sp³-hybridized carbons (Fsp3) is 0.250. The minimum Gasteiger partial charge on any atom is -0.267 e. The molecule has 0 aliphatic heterocycles. The highest BCUT2D eigenvalue weighted by molar-refractivity contribution is 5.58. The lowest BCUT2D eigenvalue weighted by molar-refractivity contribution is 0.588. The Balaban J connectivity index is 2.94. The van der Waals surface area contributed by atoms with Crippen LogP contribution < -0.4 is 0 Å². The van der Waals surface area contributed by atoms with E-state index in [1.807, 2.05) is 0 Å². The Hall–Kier alpha value is -0.660. The van der Waals surface area contributed by atoms with Gasteiger partial charge in [0, 0.05) is 12.4 Å². The molecule has 6 heavy (non-hydrogen) atoms. The standard InChI is InChI=1S/C4H6FN/c1-2-6-4-3-5/h2,4H,1,3H2/b6-4-. The highest BCUT2D eigenvalue weighted by atomic mass is 19.1. The van der Waals surface area contributed by atoms with Crippen molar-refractivity contribution in [2.24, 2.45) is 4.99 Å². The Bertz CT molecular complexity index is 58.6. The molecular weight excluding hydrogens is 81.0 g/mol. The zero-order chi connectivity index (χ0) is 4.83. The number of hydrogen-bond acceptors (Lipinski definition) is 1. The predicted molar refractivity (Wildman–Crippen MR) is 24.7 cm³/mol. The normalized spacial score (nSPS) is 9.50. The van der Waals surface area contributed by atoms with Crippen molar-refractivity contribution in [2.45, 2.75) is 0 Å². The van der Waals surface area contributed by atoms with Crippen LogP contribution in [-0.4, -0.2) is 12.9 Å². The Kier molecular flexibility index (Phi) is 3.86. The van der Waals surface area contributed by atoms with Gasteiger partial charge in [0.2, 0.25) is 0 Å². The van der Waals surface area contributed by atoms with Gasteiger partial charge in [-0.05, 0) is 0 Å². The summed E-state index contributed by atoms with van der Waals surface area (Å²) in [6, 6.07) is 0. The summed E-state index contributed by atoms with van der Waals surface area (Å²) < 4.78 is 11.0. The number of hydrogen-bond donors (Lipinski definition) is 0. The number of nitrogens with zero attached hydrogens (tertiary/aromatic N) is 1. The van der Waals surface area contributed by atoms with Gasteiger partial charge in [-0.1, -0.05) is 6.58 Å². The molecule has 34 valence electrons. The first-order valence-electron chi connectivity index (χ1n) is 1.60. The maximum absolute atomic E-state index is 11.0. The molecule has 0 heterocycles. The van der Waals surface area contributed by atoms with Crippen molar-refractivity contribution in [3.8, 4) is 0 Å². The molecule has 0 saturated carbocycles. The molecule has 0 N–H and O–H groups in total. The SMILES string of the molecule is C=C/N=C\CF. The van der Waals surface area contributed by atoms with Crippen molar-refractivity contribution in [3.63, 3.8) is 0 Å². The Morgan fingerprint density at radius 1 is 1.83 bits per heavy atom. The van der Waals surface area contributed by atoms with E-state index in [2.05, 4.69) is 11.6 Å². The Morgan fingerprint density at radius 3 is 2.67 bits per heavy atom. The van der Waals surface area contributed by atoms with Crippen molar-refractivity contribution in [3.05, 3.63) is 12.8 Å². The first kappa shape index (κ1) is 5.34. The van der Waals surface area contributed by atoms with Crippen molar-refractivity contribution in [1.82, 2.24) is 0 Å². The molecule has 0 radical (unpaired) electrons. The van der Waals surface area contributed by atoms with E-state index in [0.717, 1.165) is 6.21 Å². The van der Waals surface area contributed by atoms with Crippen LogP contribution in [0.1, 0.15) is 0 Å². The van der Waals surface area contributed by atoms with Gasteiger partial charge in [-0.2, -0.15) is 0 Å². The van der Waals surface area contributed by atoms with Crippen molar-refractivity contribution in [2.75, 3.05) is 6.67 Å². The zero-order valence-electron chi connectivity index (χ0n) is 3.39. The Labute approximate surface area is 36.2 Å². The second-order valence-electron chi connectivity index (χ2n) is 0.669. The third kappa shape index (κ3) is 3.34. The van der Waals surface area contributed by atoms with Crippen LogP contribution in [0, 0.1) is 0 Å². The highest BCUT2D eigenvalue weighted by Crippen LogP contribution is 1.63. The topological polar surface area (TPSA) is 12.4 Å². The Morgan fingerprint density at radius 2 is 2.50 bits per heavy atom. The number of alkyl halides is 1. The lowest BCUT2D eigenvalue weighted by Crippen LogP contribution is -1.68. The lowest BCUT2D eigenvalue weighted by Gasteiger charge is -1.66. The molecule has 2 heteroatoms. The van der Waals surface area contributed by atoms with Crippen LogP contribution in [0.4, 0.5) is 4.39 Å². The van der Waals surface area contributed by atoms with E-state index in [4.69, 9.17) is 0 Å². The summed E-state index contributed by atoms with van der Waals surface area (Å²) in [5.41, 5.74) is 0. The number of aliphatic imine (C=N–C) groups is 1. The molecule has 0 aromatic rings. The third-order valence-corrected chi connectivity index (χ3v) is 0.280. The van der Waals surface area contributed by atoms with Crippen LogP contribution in [0.3, 0.4) is 0 Å². The molecule has 0 aliphatic rings. The van der Waals surface area contributed by atoms with Gasteiger partial charge in [-0.3, -0.25) is 4.99 Å². The first-order chi connectivity index (χ1) is 2.91. The smallest absolute Gasteiger partial charge is 0.125 e. The zero-order valence-corrected chi connectivity index (χ0v) is 3.39. The van der Waals surface area contributed by atoms with Crippen molar-refractivity contribution < 1.29 is 4.39 Å². The van der Waals surface area contributed by atoms with Crippen molar-refractivity contribution in [1.29, 1.82) is 0 Å². The van der Waals surface area contributed by atoms with Gasteiger partial charge >= 0.3 is 0 Å². The summed E-state index contributed by atoms with van der Waals surface area (Å²) >= 11 is 0. The van der Waals surface area contributed by atoms with Gasteiger partial charge in [0.25, 0.3) is 0 Å². The van der Waals surface area contributed by atoms with Gasteiger partial charge in [0.15, 0.2) is 0 Å². The summed E-state index contributed by atoms with van der Waals surface area (Å²) in [4.78, 5) is 3.35.